The number of anilines is 1. The molecule has 3 heteroatoms. The zero-order chi connectivity index (χ0) is 14.3. The summed E-state index contributed by atoms with van der Waals surface area (Å²) in [6.45, 7) is 6.11. The molecule has 0 saturated carbocycles. The Kier molecular flexibility index (Phi) is 5.87. The van der Waals surface area contributed by atoms with Crippen molar-refractivity contribution < 1.29 is 9.53 Å². The minimum Gasteiger partial charge on any atom is -0.467 e. The van der Waals surface area contributed by atoms with Gasteiger partial charge in [0, 0.05) is 5.69 Å². The van der Waals surface area contributed by atoms with Crippen LogP contribution in [-0.4, -0.2) is 18.6 Å². The molecule has 0 aliphatic carbocycles. The van der Waals surface area contributed by atoms with Crippen molar-refractivity contribution in [2.75, 3.05) is 12.4 Å². The summed E-state index contributed by atoms with van der Waals surface area (Å²) < 4.78 is 4.96. The summed E-state index contributed by atoms with van der Waals surface area (Å²) in [4.78, 5) is 12.1. The predicted octanol–water partition coefficient (Wildman–Crippen LogP) is 3.92. The average Bonchev–Trinajstić information content (AvgIpc) is 2.41. The van der Waals surface area contributed by atoms with Crippen LogP contribution in [0.25, 0.3) is 0 Å². The Balaban J connectivity index is 2.85. The van der Waals surface area contributed by atoms with Gasteiger partial charge in [-0.2, -0.15) is 0 Å². The molecular formula is C16H25NO2. The van der Waals surface area contributed by atoms with Crippen LogP contribution in [0.4, 0.5) is 5.69 Å². The molecule has 0 spiro atoms. The van der Waals surface area contributed by atoms with Crippen molar-refractivity contribution in [3.8, 4) is 0 Å². The van der Waals surface area contributed by atoms with Crippen LogP contribution in [0.1, 0.15) is 45.1 Å². The first-order valence-electron chi connectivity index (χ1n) is 6.95. The summed E-state index contributed by atoms with van der Waals surface area (Å²) in [7, 11) is 1.44. The monoisotopic (exact) mass is 263 g/mol. The van der Waals surface area contributed by atoms with E-state index in [9.17, 15) is 4.79 Å². The van der Waals surface area contributed by atoms with Gasteiger partial charge in [0.05, 0.1) is 7.11 Å². The Morgan fingerprint density at radius 1 is 1.32 bits per heavy atom. The summed E-state index contributed by atoms with van der Waals surface area (Å²) in [6.07, 6.45) is 4.06. The summed E-state index contributed by atoms with van der Waals surface area (Å²) in [5, 5.41) is 3.36. The molecule has 0 bridgehead atoms. The van der Waals surface area contributed by atoms with Crippen LogP contribution in [0.2, 0.25) is 0 Å². The standard InChI is InChI=1S/C16H25NO2/c1-5-6-9-12-16(3,15(18)19-4)17-14-11-8-7-10-13(14)2/h7-8,10-11,17H,5-6,9,12H2,1-4H3. The number of methoxy groups -OCH3 is 1. The molecule has 1 unspecified atom stereocenters. The third kappa shape index (κ3) is 4.27. The van der Waals surface area contributed by atoms with E-state index in [0.717, 1.165) is 36.9 Å². The molecule has 1 N–H and O–H groups in total. The number of ether oxygens (including phenoxy) is 1. The molecular weight excluding hydrogens is 238 g/mol. The van der Waals surface area contributed by atoms with Gasteiger partial charge < -0.3 is 10.1 Å². The van der Waals surface area contributed by atoms with Gasteiger partial charge in [-0.3, -0.25) is 0 Å². The number of nitrogens with one attached hydrogen (secondary N) is 1. The number of para-hydroxylation sites is 1. The van der Waals surface area contributed by atoms with Crippen molar-refractivity contribution in [1.29, 1.82) is 0 Å². The topological polar surface area (TPSA) is 38.3 Å². The molecule has 0 aliphatic heterocycles. The van der Waals surface area contributed by atoms with Gasteiger partial charge in [-0.25, -0.2) is 4.79 Å². The maximum absolute atomic E-state index is 12.1. The molecule has 19 heavy (non-hydrogen) atoms. The van der Waals surface area contributed by atoms with Gasteiger partial charge in [0.2, 0.25) is 0 Å². The first kappa shape index (κ1) is 15.5. The Morgan fingerprint density at radius 2 is 2.00 bits per heavy atom. The SMILES string of the molecule is CCCCCC(C)(Nc1ccccc1C)C(=O)OC. The second kappa shape index (κ2) is 7.17. The van der Waals surface area contributed by atoms with Crippen molar-refractivity contribution in [3.63, 3.8) is 0 Å². The fourth-order valence-electron chi connectivity index (χ4n) is 2.18. The molecule has 1 rings (SSSR count). The van der Waals surface area contributed by atoms with Crippen LogP contribution < -0.4 is 5.32 Å². The Morgan fingerprint density at radius 3 is 2.58 bits per heavy atom. The third-order valence-corrected chi connectivity index (χ3v) is 3.47. The molecule has 106 valence electrons. The van der Waals surface area contributed by atoms with Crippen molar-refractivity contribution in [2.24, 2.45) is 0 Å². The molecule has 1 aromatic rings. The largest absolute Gasteiger partial charge is 0.467 e. The number of hydrogen-bond donors (Lipinski definition) is 1. The second-order valence-corrected chi connectivity index (χ2v) is 5.22. The minimum atomic E-state index is -0.657. The van der Waals surface area contributed by atoms with Crippen LogP contribution in [0.15, 0.2) is 24.3 Å². The van der Waals surface area contributed by atoms with E-state index in [0.29, 0.717) is 0 Å². The Hall–Kier alpha value is -1.51. The zero-order valence-corrected chi connectivity index (χ0v) is 12.5. The Bertz CT molecular complexity index is 417. The number of carbonyl (C=O) groups is 1. The van der Waals surface area contributed by atoms with Crippen LogP contribution in [-0.2, 0) is 9.53 Å². The van der Waals surface area contributed by atoms with E-state index in [2.05, 4.69) is 12.2 Å². The van der Waals surface area contributed by atoms with Gasteiger partial charge in [-0.15, -0.1) is 0 Å². The highest BCUT2D eigenvalue weighted by Crippen LogP contribution is 2.25. The van der Waals surface area contributed by atoms with E-state index in [1.807, 2.05) is 38.1 Å². The van der Waals surface area contributed by atoms with Crippen LogP contribution in [0.5, 0.6) is 0 Å². The highest BCUT2D eigenvalue weighted by atomic mass is 16.5. The van der Waals surface area contributed by atoms with Crippen LogP contribution in [0, 0.1) is 6.92 Å². The molecule has 0 fully saturated rings. The Labute approximate surface area is 116 Å². The third-order valence-electron chi connectivity index (χ3n) is 3.47. The lowest BCUT2D eigenvalue weighted by Crippen LogP contribution is -2.44. The van der Waals surface area contributed by atoms with E-state index in [-0.39, 0.29) is 5.97 Å². The van der Waals surface area contributed by atoms with Crippen molar-refractivity contribution >= 4 is 11.7 Å². The zero-order valence-electron chi connectivity index (χ0n) is 12.5. The number of carbonyl (C=O) groups excluding carboxylic acids is 1. The second-order valence-electron chi connectivity index (χ2n) is 5.22. The van der Waals surface area contributed by atoms with Crippen molar-refractivity contribution in [2.45, 2.75) is 52.0 Å². The molecule has 0 heterocycles. The highest BCUT2D eigenvalue weighted by molar-refractivity contribution is 5.84. The average molecular weight is 263 g/mol. The van der Waals surface area contributed by atoms with Gasteiger partial charge in [-0.05, 0) is 31.9 Å². The first-order valence-corrected chi connectivity index (χ1v) is 6.95. The van der Waals surface area contributed by atoms with E-state index in [1.54, 1.807) is 0 Å². The number of unbranched alkanes of at least 4 members (excludes halogenated alkanes) is 2. The fourth-order valence-corrected chi connectivity index (χ4v) is 2.18. The van der Waals surface area contributed by atoms with Crippen molar-refractivity contribution in [1.82, 2.24) is 0 Å². The molecule has 0 saturated heterocycles. The molecule has 1 aromatic carbocycles. The van der Waals surface area contributed by atoms with Crippen molar-refractivity contribution in [3.05, 3.63) is 29.8 Å². The number of benzene rings is 1. The molecule has 1 atom stereocenters. The van der Waals surface area contributed by atoms with Gasteiger partial charge in [-0.1, -0.05) is 44.4 Å². The number of esters is 1. The first-order chi connectivity index (χ1) is 9.03. The quantitative estimate of drug-likeness (QED) is 0.598. The van der Waals surface area contributed by atoms with Crippen LogP contribution >= 0.6 is 0 Å². The maximum Gasteiger partial charge on any atom is 0.331 e. The molecule has 0 aliphatic rings. The smallest absolute Gasteiger partial charge is 0.331 e. The highest BCUT2D eigenvalue weighted by Gasteiger charge is 2.33. The normalized spacial score (nSPS) is 13.7. The predicted molar refractivity (Wildman–Crippen MR) is 79.4 cm³/mol. The molecule has 0 aromatic heterocycles. The lowest BCUT2D eigenvalue weighted by atomic mass is 9.93. The lowest BCUT2D eigenvalue weighted by Gasteiger charge is -2.30. The maximum atomic E-state index is 12.1. The van der Waals surface area contributed by atoms with E-state index >= 15 is 0 Å². The number of hydrogen-bond acceptors (Lipinski definition) is 3. The molecule has 3 nitrogen and oxygen atoms in total. The van der Waals surface area contributed by atoms with Gasteiger partial charge in [0.1, 0.15) is 5.54 Å². The van der Waals surface area contributed by atoms with E-state index in [4.69, 9.17) is 4.74 Å². The van der Waals surface area contributed by atoms with Gasteiger partial charge in [0.25, 0.3) is 0 Å². The summed E-state index contributed by atoms with van der Waals surface area (Å²) in [6, 6.07) is 7.99. The number of aryl methyl sites for hydroxylation is 1. The summed E-state index contributed by atoms with van der Waals surface area (Å²) >= 11 is 0. The van der Waals surface area contributed by atoms with E-state index in [1.165, 1.54) is 7.11 Å². The van der Waals surface area contributed by atoms with E-state index < -0.39 is 5.54 Å². The molecule has 0 amide bonds. The molecule has 0 radical (unpaired) electrons. The fraction of sp³-hybridized carbons (Fsp3) is 0.562. The van der Waals surface area contributed by atoms with Gasteiger partial charge in [0.15, 0.2) is 0 Å². The summed E-state index contributed by atoms with van der Waals surface area (Å²) in [5.41, 5.74) is 1.47. The van der Waals surface area contributed by atoms with Gasteiger partial charge >= 0.3 is 5.97 Å². The lowest BCUT2D eigenvalue weighted by molar-refractivity contribution is -0.145. The minimum absolute atomic E-state index is 0.202. The van der Waals surface area contributed by atoms with Crippen LogP contribution in [0.3, 0.4) is 0 Å². The number of rotatable bonds is 7. The summed E-state index contributed by atoms with van der Waals surface area (Å²) in [5.74, 6) is -0.202.